The molecule has 0 amide bonds. The Bertz CT molecular complexity index is 768. The minimum Gasteiger partial charge on any atom is -0.495 e. The molecule has 0 saturated carbocycles. The van der Waals surface area contributed by atoms with E-state index in [-0.39, 0.29) is 27.3 Å². The third kappa shape index (κ3) is 3.55. The summed E-state index contributed by atoms with van der Waals surface area (Å²) in [7, 11) is -2.57. The molecule has 2 aromatic rings. The number of benzene rings is 1. The van der Waals surface area contributed by atoms with Crippen LogP contribution in [0.1, 0.15) is 0 Å². The molecule has 0 atom stereocenters. The quantitative estimate of drug-likeness (QED) is 0.772. The van der Waals surface area contributed by atoms with Crippen LogP contribution >= 0.6 is 27.5 Å². The van der Waals surface area contributed by atoms with E-state index >= 15 is 0 Å². The standard InChI is InChI=1S/C11H10BrClN4O3S/c1-20-8-4-6(12)7(14)5-9(8)21(18,19)17-11-3-2-10(13)15-16-11/h2-5H,14H2,1H3,(H,16,17). The van der Waals surface area contributed by atoms with Gasteiger partial charge in [0.25, 0.3) is 10.0 Å². The molecule has 10 heteroatoms. The molecule has 0 spiro atoms. The van der Waals surface area contributed by atoms with Gasteiger partial charge in [0.1, 0.15) is 10.6 Å². The summed E-state index contributed by atoms with van der Waals surface area (Å²) in [6, 6.07) is 5.56. The molecule has 0 fully saturated rings. The summed E-state index contributed by atoms with van der Waals surface area (Å²) in [6.45, 7) is 0. The zero-order valence-electron chi connectivity index (χ0n) is 10.7. The van der Waals surface area contributed by atoms with Crippen LogP contribution in [0.2, 0.25) is 5.15 Å². The molecule has 1 aromatic heterocycles. The van der Waals surface area contributed by atoms with Crippen LogP contribution in [0.4, 0.5) is 11.5 Å². The van der Waals surface area contributed by atoms with Crippen LogP contribution in [0.15, 0.2) is 33.6 Å². The molecular weight excluding hydrogens is 384 g/mol. The molecule has 0 aliphatic carbocycles. The van der Waals surface area contributed by atoms with Gasteiger partial charge < -0.3 is 10.5 Å². The average molecular weight is 394 g/mol. The lowest BCUT2D eigenvalue weighted by Gasteiger charge is -2.12. The average Bonchev–Trinajstić information content (AvgIpc) is 2.43. The number of nitrogens with two attached hydrogens (primary N) is 1. The third-order valence-electron chi connectivity index (χ3n) is 2.44. The van der Waals surface area contributed by atoms with Crippen molar-refractivity contribution in [3.05, 3.63) is 33.9 Å². The molecule has 0 radical (unpaired) electrons. The molecule has 0 aliphatic rings. The molecular formula is C11H10BrClN4O3S. The van der Waals surface area contributed by atoms with E-state index in [1.54, 1.807) is 0 Å². The Morgan fingerprint density at radius 3 is 2.62 bits per heavy atom. The number of nitrogens with one attached hydrogen (secondary N) is 1. The van der Waals surface area contributed by atoms with Crippen molar-refractivity contribution < 1.29 is 13.2 Å². The van der Waals surface area contributed by atoms with Crippen LogP contribution in [-0.4, -0.2) is 25.7 Å². The number of sulfonamides is 1. The predicted octanol–water partition coefficient (Wildman–Crippen LogP) is 2.28. The van der Waals surface area contributed by atoms with Crippen LogP contribution in [0, 0.1) is 0 Å². The fourth-order valence-corrected chi connectivity index (χ4v) is 3.09. The van der Waals surface area contributed by atoms with Crippen molar-refractivity contribution in [2.24, 2.45) is 0 Å². The molecule has 3 N–H and O–H groups in total. The summed E-state index contributed by atoms with van der Waals surface area (Å²) in [5.41, 5.74) is 5.98. The lowest BCUT2D eigenvalue weighted by molar-refractivity contribution is 0.402. The fraction of sp³-hybridized carbons (Fsp3) is 0.0909. The molecule has 0 aliphatic heterocycles. The van der Waals surface area contributed by atoms with E-state index in [2.05, 4.69) is 30.8 Å². The summed E-state index contributed by atoms with van der Waals surface area (Å²) in [6.07, 6.45) is 0. The third-order valence-corrected chi connectivity index (χ3v) is 4.71. The maximum Gasteiger partial charge on any atom is 0.266 e. The van der Waals surface area contributed by atoms with Crippen LogP contribution < -0.4 is 15.2 Å². The zero-order chi connectivity index (χ0) is 15.6. The molecule has 1 heterocycles. The highest BCUT2D eigenvalue weighted by atomic mass is 79.9. The van der Waals surface area contributed by atoms with E-state index in [0.717, 1.165) is 0 Å². The Morgan fingerprint density at radius 1 is 1.33 bits per heavy atom. The fourth-order valence-electron chi connectivity index (χ4n) is 1.48. The van der Waals surface area contributed by atoms with Crippen molar-refractivity contribution in [2.75, 3.05) is 17.6 Å². The Hall–Kier alpha value is -1.58. The number of aromatic nitrogens is 2. The first-order valence-electron chi connectivity index (χ1n) is 5.48. The van der Waals surface area contributed by atoms with E-state index in [9.17, 15) is 8.42 Å². The summed E-state index contributed by atoms with van der Waals surface area (Å²) in [5, 5.41) is 7.34. The predicted molar refractivity (Wildman–Crippen MR) is 83.0 cm³/mol. The number of rotatable bonds is 4. The van der Waals surface area contributed by atoms with Crippen molar-refractivity contribution in [3.63, 3.8) is 0 Å². The Morgan fingerprint density at radius 2 is 2.05 bits per heavy atom. The summed E-state index contributed by atoms with van der Waals surface area (Å²) < 4.78 is 32.6. The van der Waals surface area contributed by atoms with Crippen molar-refractivity contribution in [1.82, 2.24) is 10.2 Å². The van der Waals surface area contributed by atoms with Gasteiger partial charge in [-0.15, -0.1) is 10.2 Å². The lowest BCUT2D eigenvalue weighted by atomic mass is 10.3. The van der Waals surface area contributed by atoms with Crippen LogP contribution in [0.25, 0.3) is 0 Å². The number of hydrogen-bond donors (Lipinski definition) is 2. The Labute approximate surface area is 134 Å². The number of methoxy groups -OCH3 is 1. The normalized spacial score (nSPS) is 11.2. The van der Waals surface area contributed by atoms with E-state index in [0.29, 0.717) is 4.47 Å². The summed E-state index contributed by atoms with van der Waals surface area (Å²) in [4.78, 5) is -0.109. The van der Waals surface area contributed by atoms with E-state index in [4.69, 9.17) is 22.1 Å². The maximum absolute atomic E-state index is 12.4. The second-order valence-corrected chi connectivity index (χ2v) is 6.76. The molecule has 0 bridgehead atoms. The van der Waals surface area contributed by atoms with Gasteiger partial charge in [-0.2, -0.15) is 0 Å². The van der Waals surface area contributed by atoms with Crippen LogP contribution in [0.3, 0.4) is 0 Å². The molecule has 2 rings (SSSR count). The van der Waals surface area contributed by atoms with Crippen molar-refractivity contribution in [1.29, 1.82) is 0 Å². The van der Waals surface area contributed by atoms with Gasteiger partial charge in [-0.05, 0) is 40.2 Å². The molecule has 0 saturated heterocycles. The highest BCUT2D eigenvalue weighted by Gasteiger charge is 2.22. The SMILES string of the molecule is COc1cc(Br)c(N)cc1S(=O)(=O)Nc1ccc(Cl)nn1. The van der Waals surface area contributed by atoms with Crippen molar-refractivity contribution >= 4 is 49.1 Å². The monoisotopic (exact) mass is 392 g/mol. The Kier molecular flexibility index (Phi) is 4.55. The van der Waals surface area contributed by atoms with Crippen LogP contribution in [-0.2, 0) is 10.0 Å². The number of ether oxygens (including phenoxy) is 1. The van der Waals surface area contributed by atoms with Gasteiger partial charge in [-0.3, -0.25) is 4.72 Å². The molecule has 112 valence electrons. The van der Waals surface area contributed by atoms with Crippen molar-refractivity contribution in [3.8, 4) is 5.75 Å². The first kappa shape index (κ1) is 15.8. The number of nitrogen functional groups attached to an aromatic ring is 1. The molecule has 0 unspecified atom stereocenters. The lowest BCUT2D eigenvalue weighted by Crippen LogP contribution is -2.15. The second kappa shape index (κ2) is 6.04. The summed E-state index contributed by atoms with van der Waals surface area (Å²) in [5.74, 6) is 0.174. The van der Waals surface area contributed by atoms with E-state index in [1.807, 2.05) is 0 Å². The number of hydrogen-bond acceptors (Lipinski definition) is 6. The van der Waals surface area contributed by atoms with E-state index < -0.39 is 10.0 Å². The first-order valence-corrected chi connectivity index (χ1v) is 8.14. The van der Waals surface area contributed by atoms with Gasteiger partial charge in [0.2, 0.25) is 0 Å². The van der Waals surface area contributed by atoms with Gasteiger partial charge in [0.15, 0.2) is 11.0 Å². The highest BCUT2D eigenvalue weighted by Crippen LogP contribution is 2.33. The molecule has 21 heavy (non-hydrogen) atoms. The largest absolute Gasteiger partial charge is 0.495 e. The Balaban J connectivity index is 2.44. The highest BCUT2D eigenvalue weighted by molar-refractivity contribution is 9.10. The van der Waals surface area contributed by atoms with Gasteiger partial charge in [-0.25, -0.2) is 8.42 Å². The van der Waals surface area contributed by atoms with Gasteiger partial charge in [-0.1, -0.05) is 11.6 Å². The summed E-state index contributed by atoms with van der Waals surface area (Å²) >= 11 is 8.80. The van der Waals surface area contributed by atoms with Gasteiger partial charge in [0, 0.05) is 10.2 Å². The van der Waals surface area contributed by atoms with Gasteiger partial charge in [0.05, 0.1) is 7.11 Å². The van der Waals surface area contributed by atoms with Gasteiger partial charge >= 0.3 is 0 Å². The topological polar surface area (TPSA) is 107 Å². The second-order valence-electron chi connectivity index (χ2n) is 3.87. The minimum absolute atomic E-state index is 0.0305. The smallest absolute Gasteiger partial charge is 0.266 e. The molecule has 7 nitrogen and oxygen atoms in total. The van der Waals surface area contributed by atoms with Crippen molar-refractivity contribution in [2.45, 2.75) is 4.90 Å². The first-order chi connectivity index (χ1) is 9.83. The number of halogens is 2. The maximum atomic E-state index is 12.4. The number of anilines is 2. The zero-order valence-corrected chi connectivity index (χ0v) is 13.8. The van der Waals surface area contributed by atoms with E-state index in [1.165, 1.54) is 31.4 Å². The van der Waals surface area contributed by atoms with Crippen LogP contribution in [0.5, 0.6) is 5.75 Å². The minimum atomic E-state index is -3.93. The molecule has 1 aromatic carbocycles. The number of nitrogens with zero attached hydrogens (tertiary/aromatic N) is 2.